The van der Waals surface area contributed by atoms with Crippen molar-refractivity contribution in [2.24, 2.45) is 0 Å². The second-order valence-corrected chi connectivity index (χ2v) is 7.81. The van der Waals surface area contributed by atoms with Crippen LogP contribution in [0.15, 0.2) is 36.5 Å². The Labute approximate surface area is 199 Å². The van der Waals surface area contributed by atoms with Crippen molar-refractivity contribution in [3.63, 3.8) is 0 Å². The summed E-state index contributed by atoms with van der Waals surface area (Å²) in [5, 5.41) is 3.26. The van der Waals surface area contributed by atoms with Gasteiger partial charge in [-0.1, -0.05) is 6.07 Å². The molecule has 1 aliphatic heterocycles. The van der Waals surface area contributed by atoms with Crippen molar-refractivity contribution >= 4 is 11.6 Å². The maximum Gasteiger partial charge on any atom is 0.227 e. The van der Waals surface area contributed by atoms with Gasteiger partial charge < -0.3 is 29.0 Å². The quantitative estimate of drug-likeness (QED) is 0.506. The van der Waals surface area contributed by atoms with Gasteiger partial charge in [0.25, 0.3) is 0 Å². The minimum Gasteiger partial charge on any atom is -0.497 e. The number of rotatable bonds is 9. The van der Waals surface area contributed by atoms with E-state index in [-0.39, 0.29) is 0 Å². The van der Waals surface area contributed by atoms with Crippen molar-refractivity contribution in [3.05, 3.63) is 53.3 Å². The molecule has 1 aliphatic rings. The molecule has 9 heteroatoms. The fourth-order valence-corrected chi connectivity index (χ4v) is 4.12. The molecule has 1 aromatic heterocycles. The van der Waals surface area contributed by atoms with Crippen LogP contribution in [0, 0.1) is 0 Å². The highest BCUT2D eigenvalue weighted by atomic mass is 16.5. The van der Waals surface area contributed by atoms with Gasteiger partial charge in [-0.25, -0.2) is 9.97 Å². The molecular formula is C25H30N4O5. The van der Waals surface area contributed by atoms with Crippen LogP contribution in [0.3, 0.4) is 0 Å². The molecular weight excluding hydrogens is 436 g/mol. The van der Waals surface area contributed by atoms with Gasteiger partial charge in [-0.05, 0) is 18.2 Å². The summed E-state index contributed by atoms with van der Waals surface area (Å²) in [7, 11) is 8.12. The van der Waals surface area contributed by atoms with Crippen molar-refractivity contribution < 1.29 is 23.7 Å². The van der Waals surface area contributed by atoms with Gasteiger partial charge in [0.15, 0.2) is 11.5 Å². The summed E-state index contributed by atoms with van der Waals surface area (Å²) in [5.41, 5.74) is 3.97. The van der Waals surface area contributed by atoms with Crippen molar-refractivity contribution in [1.82, 2.24) is 14.9 Å². The van der Waals surface area contributed by atoms with Crippen LogP contribution in [0.2, 0.25) is 0 Å². The molecule has 0 aliphatic carbocycles. The predicted octanol–water partition coefficient (Wildman–Crippen LogP) is 3.82. The van der Waals surface area contributed by atoms with E-state index >= 15 is 0 Å². The minimum absolute atomic E-state index is 0.539. The molecule has 2 aromatic carbocycles. The van der Waals surface area contributed by atoms with Gasteiger partial charge in [0, 0.05) is 49.4 Å². The lowest BCUT2D eigenvalue weighted by molar-refractivity contribution is 0.237. The van der Waals surface area contributed by atoms with Gasteiger partial charge in [0.2, 0.25) is 11.7 Å². The molecule has 0 radical (unpaired) electrons. The van der Waals surface area contributed by atoms with E-state index in [9.17, 15) is 0 Å². The molecule has 0 saturated heterocycles. The van der Waals surface area contributed by atoms with E-state index in [0.717, 1.165) is 47.8 Å². The maximum atomic E-state index is 5.64. The molecule has 0 fully saturated rings. The summed E-state index contributed by atoms with van der Waals surface area (Å²) in [6.45, 7) is 2.33. The largest absolute Gasteiger partial charge is 0.497 e. The Balaban J connectivity index is 1.49. The SMILES string of the molecule is COc1ccc(Nc2ncc3c(n2)CCN(Cc2ccc(OC)c(OC)c2OC)C3)c(OC)c1. The number of benzene rings is 2. The van der Waals surface area contributed by atoms with Crippen LogP contribution in [0.4, 0.5) is 11.6 Å². The van der Waals surface area contributed by atoms with E-state index in [0.29, 0.717) is 35.5 Å². The molecule has 1 N–H and O–H groups in total. The van der Waals surface area contributed by atoms with Crippen LogP contribution in [-0.4, -0.2) is 57.0 Å². The summed E-state index contributed by atoms with van der Waals surface area (Å²) >= 11 is 0. The molecule has 0 amide bonds. The van der Waals surface area contributed by atoms with E-state index < -0.39 is 0 Å². The average molecular weight is 467 g/mol. The Kier molecular flexibility index (Phi) is 7.22. The highest BCUT2D eigenvalue weighted by Gasteiger charge is 2.22. The van der Waals surface area contributed by atoms with Crippen LogP contribution in [0.25, 0.3) is 0 Å². The first-order valence-corrected chi connectivity index (χ1v) is 10.9. The average Bonchev–Trinajstić information content (AvgIpc) is 2.88. The predicted molar refractivity (Wildman–Crippen MR) is 129 cm³/mol. The summed E-state index contributed by atoms with van der Waals surface area (Å²) in [5.74, 6) is 3.87. The number of hydrogen-bond donors (Lipinski definition) is 1. The minimum atomic E-state index is 0.539. The third-order valence-corrected chi connectivity index (χ3v) is 5.85. The standard InChI is InChI=1S/C25H30N4O5/c1-30-18-7-8-20(22(12-18)32-3)28-25-26-13-17-15-29(11-10-19(17)27-25)14-16-6-9-21(31-2)24(34-5)23(16)33-4/h6-9,12-13H,10-11,14-15H2,1-5H3,(H,26,27,28). The number of nitrogens with zero attached hydrogens (tertiary/aromatic N) is 3. The zero-order valence-corrected chi connectivity index (χ0v) is 20.2. The molecule has 0 atom stereocenters. The van der Waals surface area contributed by atoms with E-state index in [4.69, 9.17) is 28.7 Å². The highest BCUT2D eigenvalue weighted by Crippen LogP contribution is 2.40. The Bertz CT molecular complexity index is 1150. The normalized spacial score (nSPS) is 13.1. The summed E-state index contributed by atoms with van der Waals surface area (Å²) in [6, 6.07) is 9.49. The lowest BCUT2D eigenvalue weighted by Crippen LogP contribution is -2.31. The molecule has 34 heavy (non-hydrogen) atoms. The molecule has 0 bridgehead atoms. The van der Waals surface area contributed by atoms with E-state index in [1.54, 1.807) is 35.5 Å². The van der Waals surface area contributed by atoms with Gasteiger partial charge in [0.05, 0.1) is 46.9 Å². The van der Waals surface area contributed by atoms with Crippen molar-refractivity contribution in [3.8, 4) is 28.7 Å². The van der Waals surface area contributed by atoms with Gasteiger partial charge in [-0.2, -0.15) is 0 Å². The lowest BCUT2D eigenvalue weighted by atomic mass is 10.1. The maximum absolute atomic E-state index is 5.64. The monoisotopic (exact) mass is 466 g/mol. The Hall–Kier alpha value is -3.72. The molecule has 4 rings (SSSR count). The van der Waals surface area contributed by atoms with E-state index in [1.807, 2.05) is 36.5 Å². The zero-order chi connectivity index (χ0) is 24.1. The van der Waals surface area contributed by atoms with Gasteiger partial charge in [-0.3, -0.25) is 4.90 Å². The first-order chi connectivity index (χ1) is 16.6. The Morgan fingerprint density at radius 2 is 1.68 bits per heavy atom. The van der Waals surface area contributed by atoms with Crippen LogP contribution in [-0.2, 0) is 19.5 Å². The first kappa shape index (κ1) is 23.4. The fraction of sp³-hybridized carbons (Fsp3) is 0.360. The number of fused-ring (bicyclic) bond motifs is 1. The Morgan fingerprint density at radius 1 is 0.882 bits per heavy atom. The van der Waals surface area contributed by atoms with E-state index in [2.05, 4.69) is 15.2 Å². The number of methoxy groups -OCH3 is 5. The smallest absolute Gasteiger partial charge is 0.227 e. The van der Waals surface area contributed by atoms with E-state index in [1.165, 1.54) is 0 Å². The third kappa shape index (κ3) is 4.79. The number of nitrogens with one attached hydrogen (secondary N) is 1. The third-order valence-electron chi connectivity index (χ3n) is 5.85. The van der Waals surface area contributed by atoms with Crippen LogP contribution >= 0.6 is 0 Å². The molecule has 3 aromatic rings. The second-order valence-electron chi connectivity index (χ2n) is 7.81. The van der Waals surface area contributed by atoms with Gasteiger partial charge in [-0.15, -0.1) is 0 Å². The number of anilines is 2. The molecule has 180 valence electrons. The van der Waals surface area contributed by atoms with Gasteiger partial charge in [0.1, 0.15) is 11.5 Å². The lowest BCUT2D eigenvalue weighted by Gasteiger charge is -2.29. The van der Waals surface area contributed by atoms with Crippen molar-refractivity contribution in [2.75, 3.05) is 47.4 Å². The zero-order valence-electron chi connectivity index (χ0n) is 20.2. The summed E-state index contributed by atoms with van der Waals surface area (Å²) < 4.78 is 27.3. The Morgan fingerprint density at radius 3 is 2.38 bits per heavy atom. The summed E-state index contributed by atoms with van der Waals surface area (Å²) in [4.78, 5) is 11.6. The highest BCUT2D eigenvalue weighted by molar-refractivity contribution is 5.64. The van der Waals surface area contributed by atoms with Crippen molar-refractivity contribution in [2.45, 2.75) is 19.5 Å². The van der Waals surface area contributed by atoms with Crippen molar-refractivity contribution in [1.29, 1.82) is 0 Å². The van der Waals surface area contributed by atoms with Crippen LogP contribution in [0.5, 0.6) is 28.7 Å². The topological polar surface area (TPSA) is 87.2 Å². The molecule has 9 nitrogen and oxygen atoms in total. The van der Waals surface area contributed by atoms with Crippen LogP contribution < -0.4 is 29.0 Å². The fourth-order valence-electron chi connectivity index (χ4n) is 4.12. The number of ether oxygens (including phenoxy) is 5. The van der Waals surface area contributed by atoms with Crippen LogP contribution in [0.1, 0.15) is 16.8 Å². The molecule has 0 spiro atoms. The first-order valence-electron chi connectivity index (χ1n) is 10.9. The molecule has 0 saturated carbocycles. The summed E-state index contributed by atoms with van der Waals surface area (Å²) in [6.07, 6.45) is 2.71. The molecule has 0 unspecified atom stereocenters. The molecule has 2 heterocycles. The number of hydrogen-bond acceptors (Lipinski definition) is 9. The second kappa shape index (κ2) is 10.5. The number of aromatic nitrogens is 2. The van der Waals surface area contributed by atoms with Gasteiger partial charge >= 0.3 is 0 Å².